The number of ketones is 1. The number of hydrogen-bond acceptors (Lipinski definition) is 1. The summed E-state index contributed by atoms with van der Waals surface area (Å²) in [5, 5.41) is 0.0473. The predicted molar refractivity (Wildman–Crippen MR) is 78.6 cm³/mol. The Labute approximate surface area is 124 Å². The van der Waals surface area contributed by atoms with Crippen molar-refractivity contribution in [1.82, 2.24) is 0 Å². The van der Waals surface area contributed by atoms with Gasteiger partial charge in [-0.15, -0.1) is 0 Å². The molecule has 0 aromatic heterocycles. The molecule has 19 heavy (non-hydrogen) atoms. The van der Waals surface area contributed by atoms with Gasteiger partial charge in [0.25, 0.3) is 0 Å². The SMILES string of the molecule is CC(CC(=O)c1cc(Cl)cc(F)c1Cl)CC(C)(C)C. The van der Waals surface area contributed by atoms with E-state index in [1.54, 1.807) is 0 Å². The number of halogens is 3. The van der Waals surface area contributed by atoms with Gasteiger partial charge in [-0.25, -0.2) is 4.39 Å². The fourth-order valence-corrected chi connectivity index (χ4v) is 2.72. The van der Waals surface area contributed by atoms with E-state index >= 15 is 0 Å². The number of carbonyl (C=O) groups is 1. The second-order valence-corrected chi connectivity index (χ2v) is 7.06. The Kier molecular flexibility index (Phi) is 5.40. The lowest BCUT2D eigenvalue weighted by atomic mass is 9.83. The zero-order chi connectivity index (χ0) is 14.8. The summed E-state index contributed by atoms with van der Waals surface area (Å²) >= 11 is 11.6. The van der Waals surface area contributed by atoms with Crippen LogP contribution >= 0.6 is 23.2 Å². The lowest BCUT2D eigenvalue weighted by Gasteiger charge is -2.22. The molecule has 0 heterocycles. The molecule has 0 aliphatic carbocycles. The van der Waals surface area contributed by atoms with Crippen molar-refractivity contribution in [3.8, 4) is 0 Å². The zero-order valence-electron chi connectivity index (χ0n) is 11.7. The minimum atomic E-state index is -0.652. The molecule has 1 unspecified atom stereocenters. The maximum absolute atomic E-state index is 13.4. The number of carbonyl (C=O) groups excluding carboxylic acids is 1. The molecule has 0 N–H and O–H groups in total. The second-order valence-electron chi connectivity index (χ2n) is 6.25. The molecule has 1 nitrogen and oxygen atoms in total. The van der Waals surface area contributed by atoms with Crippen LogP contribution in [0.5, 0.6) is 0 Å². The highest BCUT2D eigenvalue weighted by atomic mass is 35.5. The average Bonchev–Trinajstić information content (AvgIpc) is 2.20. The fraction of sp³-hybridized carbons (Fsp3) is 0.533. The Balaban J connectivity index is 2.85. The van der Waals surface area contributed by atoms with Gasteiger partial charge >= 0.3 is 0 Å². The Hall–Kier alpha value is -0.600. The molecule has 1 aromatic rings. The third kappa shape index (κ3) is 5.12. The van der Waals surface area contributed by atoms with Gasteiger partial charge in [0.1, 0.15) is 5.82 Å². The number of rotatable bonds is 4. The predicted octanol–water partition coefficient (Wildman–Crippen LogP) is 5.78. The average molecular weight is 305 g/mol. The van der Waals surface area contributed by atoms with E-state index in [4.69, 9.17) is 23.2 Å². The first-order valence-corrected chi connectivity index (χ1v) is 7.03. The van der Waals surface area contributed by atoms with E-state index in [2.05, 4.69) is 20.8 Å². The summed E-state index contributed by atoms with van der Waals surface area (Å²) in [6.07, 6.45) is 1.26. The molecule has 0 saturated carbocycles. The topological polar surface area (TPSA) is 17.1 Å². The lowest BCUT2D eigenvalue weighted by Crippen LogP contribution is -2.14. The van der Waals surface area contributed by atoms with Crippen LogP contribution in [-0.4, -0.2) is 5.78 Å². The number of benzene rings is 1. The molecule has 1 atom stereocenters. The van der Waals surface area contributed by atoms with Crippen molar-refractivity contribution in [2.75, 3.05) is 0 Å². The molecule has 0 bridgehead atoms. The van der Waals surface area contributed by atoms with Crippen molar-refractivity contribution in [3.05, 3.63) is 33.6 Å². The molecule has 4 heteroatoms. The zero-order valence-corrected chi connectivity index (χ0v) is 13.2. The quantitative estimate of drug-likeness (QED) is 0.509. The summed E-state index contributed by atoms with van der Waals surface area (Å²) in [6, 6.07) is 2.54. The molecular formula is C15H19Cl2FO. The van der Waals surface area contributed by atoms with Crippen LogP contribution in [0.25, 0.3) is 0 Å². The van der Waals surface area contributed by atoms with Crippen LogP contribution in [0.3, 0.4) is 0 Å². The van der Waals surface area contributed by atoms with E-state index in [1.807, 2.05) is 6.92 Å². The van der Waals surface area contributed by atoms with Crippen molar-refractivity contribution in [2.24, 2.45) is 11.3 Å². The van der Waals surface area contributed by atoms with Crippen molar-refractivity contribution in [3.63, 3.8) is 0 Å². The molecule has 1 rings (SSSR count). The van der Waals surface area contributed by atoms with Crippen molar-refractivity contribution in [2.45, 2.75) is 40.5 Å². The Morgan fingerprint density at radius 3 is 2.42 bits per heavy atom. The Morgan fingerprint density at radius 2 is 1.89 bits per heavy atom. The van der Waals surface area contributed by atoms with E-state index in [-0.39, 0.29) is 32.7 Å². The largest absolute Gasteiger partial charge is 0.294 e. The summed E-state index contributed by atoms with van der Waals surface area (Å²) in [6.45, 7) is 8.39. The summed E-state index contributed by atoms with van der Waals surface area (Å²) in [4.78, 5) is 12.2. The highest BCUT2D eigenvalue weighted by Gasteiger charge is 2.21. The van der Waals surface area contributed by atoms with Gasteiger partial charge in [-0.2, -0.15) is 0 Å². The van der Waals surface area contributed by atoms with E-state index in [9.17, 15) is 9.18 Å². The molecule has 0 spiro atoms. The third-order valence-electron chi connectivity index (χ3n) is 2.79. The molecule has 0 fully saturated rings. The van der Waals surface area contributed by atoms with E-state index in [0.29, 0.717) is 6.42 Å². The lowest BCUT2D eigenvalue weighted by molar-refractivity contribution is 0.0954. The van der Waals surface area contributed by atoms with Gasteiger partial charge in [0.2, 0.25) is 0 Å². The smallest absolute Gasteiger partial charge is 0.164 e. The van der Waals surface area contributed by atoms with Crippen LogP contribution in [0.1, 0.15) is 50.9 Å². The van der Waals surface area contributed by atoms with Crippen molar-refractivity contribution < 1.29 is 9.18 Å². The van der Waals surface area contributed by atoms with Gasteiger partial charge in [0, 0.05) is 17.0 Å². The van der Waals surface area contributed by atoms with E-state index < -0.39 is 5.82 Å². The van der Waals surface area contributed by atoms with Gasteiger partial charge < -0.3 is 0 Å². The van der Waals surface area contributed by atoms with Gasteiger partial charge in [-0.1, -0.05) is 50.9 Å². The van der Waals surface area contributed by atoms with Crippen LogP contribution in [0.4, 0.5) is 4.39 Å². The molecule has 0 aliphatic rings. The minimum Gasteiger partial charge on any atom is -0.294 e. The van der Waals surface area contributed by atoms with E-state index in [1.165, 1.54) is 6.07 Å². The van der Waals surface area contributed by atoms with Gasteiger partial charge in [-0.05, 0) is 29.9 Å². The molecule has 0 radical (unpaired) electrons. The molecule has 106 valence electrons. The monoisotopic (exact) mass is 304 g/mol. The van der Waals surface area contributed by atoms with Crippen LogP contribution in [-0.2, 0) is 0 Å². The number of hydrogen-bond donors (Lipinski definition) is 0. The Morgan fingerprint density at radius 1 is 1.32 bits per heavy atom. The molecule has 0 amide bonds. The van der Waals surface area contributed by atoms with Crippen molar-refractivity contribution in [1.29, 1.82) is 0 Å². The van der Waals surface area contributed by atoms with E-state index in [0.717, 1.165) is 12.5 Å². The summed E-state index contributed by atoms with van der Waals surface area (Å²) < 4.78 is 13.4. The van der Waals surface area contributed by atoms with Gasteiger partial charge in [0.05, 0.1) is 5.02 Å². The van der Waals surface area contributed by atoms with Gasteiger partial charge in [0.15, 0.2) is 5.78 Å². The first-order valence-electron chi connectivity index (χ1n) is 6.28. The normalized spacial score (nSPS) is 13.4. The van der Waals surface area contributed by atoms with Gasteiger partial charge in [-0.3, -0.25) is 4.79 Å². The second kappa shape index (κ2) is 6.23. The maximum Gasteiger partial charge on any atom is 0.164 e. The van der Waals surface area contributed by atoms with Crippen LogP contribution in [0, 0.1) is 17.2 Å². The highest BCUT2D eigenvalue weighted by Crippen LogP contribution is 2.30. The molecule has 0 saturated heterocycles. The standard InChI is InChI=1S/C15H19Cl2FO/c1-9(8-15(2,3)4)5-13(19)11-6-10(16)7-12(18)14(11)17/h6-7,9H,5,8H2,1-4H3. The van der Waals surface area contributed by atoms with Crippen molar-refractivity contribution >= 4 is 29.0 Å². The van der Waals surface area contributed by atoms with Crippen LogP contribution < -0.4 is 0 Å². The molecular weight excluding hydrogens is 286 g/mol. The molecule has 0 aliphatic heterocycles. The Bertz CT molecular complexity index is 478. The summed E-state index contributed by atoms with van der Waals surface area (Å²) in [7, 11) is 0. The summed E-state index contributed by atoms with van der Waals surface area (Å²) in [5.74, 6) is -0.602. The number of Topliss-reactive ketones (excluding diaryl/α,β-unsaturated/α-hetero) is 1. The summed E-state index contributed by atoms with van der Waals surface area (Å²) in [5.41, 5.74) is 0.329. The maximum atomic E-state index is 13.4. The first kappa shape index (κ1) is 16.5. The van der Waals surface area contributed by atoms with Crippen LogP contribution in [0.15, 0.2) is 12.1 Å². The third-order valence-corrected chi connectivity index (χ3v) is 3.39. The molecule has 1 aromatic carbocycles. The fourth-order valence-electron chi connectivity index (χ4n) is 2.30. The highest BCUT2D eigenvalue weighted by molar-refractivity contribution is 6.36. The minimum absolute atomic E-state index is 0.141. The first-order chi connectivity index (χ1) is 8.60. The van der Waals surface area contributed by atoms with Crippen LogP contribution in [0.2, 0.25) is 10.0 Å².